The second kappa shape index (κ2) is 4.91. The van der Waals surface area contributed by atoms with E-state index in [1.807, 2.05) is 0 Å². The minimum Gasteiger partial charge on any atom is -0.288 e. The van der Waals surface area contributed by atoms with Crippen molar-refractivity contribution in [2.24, 2.45) is 0 Å². The third kappa shape index (κ3) is 2.72. The van der Waals surface area contributed by atoms with Crippen molar-refractivity contribution in [1.29, 1.82) is 0 Å². The monoisotopic (exact) mass is 193 g/mol. The summed E-state index contributed by atoms with van der Waals surface area (Å²) in [5, 5.41) is 8.19. The van der Waals surface area contributed by atoms with E-state index in [1.165, 1.54) is 0 Å². The predicted molar refractivity (Wildman–Crippen MR) is 35.7 cm³/mol. The fourth-order valence-electron chi connectivity index (χ4n) is 0.654. The molecule has 1 aromatic carbocycles. The van der Waals surface area contributed by atoms with Gasteiger partial charge in [-0.2, -0.15) is 0 Å². The first kappa shape index (κ1) is 10.2. The average Bonchev–Trinajstić information content (AvgIpc) is 2.05. The summed E-state index contributed by atoms with van der Waals surface area (Å²) in [7, 11) is 0. The van der Waals surface area contributed by atoms with Crippen LogP contribution in [0.2, 0.25) is 0 Å². The Morgan fingerprint density at radius 1 is 1.27 bits per heavy atom. The van der Waals surface area contributed by atoms with Crippen LogP contribution in [0.3, 0.4) is 0 Å². The van der Waals surface area contributed by atoms with Crippen LogP contribution in [-0.2, 0) is 17.1 Å². The molecule has 60 valence electrons. The summed E-state index contributed by atoms with van der Waals surface area (Å²) in [5.41, 5.74) is 1.99. The molecule has 0 aliphatic carbocycles. The van der Waals surface area contributed by atoms with E-state index in [4.69, 9.17) is 5.21 Å². The standard InChI is InChI=1S/C7H7NO2.Fe/c9-7(8-10)6-4-2-1-3-5-6;/h1-5,10H,(H,8,9);. The summed E-state index contributed by atoms with van der Waals surface area (Å²) in [6, 6.07) is 8.49. The van der Waals surface area contributed by atoms with Gasteiger partial charge in [0.2, 0.25) is 0 Å². The molecule has 0 aliphatic rings. The maximum absolute atomic E-state index is 10.7. The molecule has 4 heteroatoms. The molecule has 0 spiro atoms. The summed E-state index contributed by atoms with van der Waals surface area (Å²) in [4.78, 5) is 10.7. The van der Waals surface area contributed by atoms with Gasteiger partial charge in [0.1, 0.15) is 0 Å². The Morgan fingerprint density at radius 3 is 2.27 bits per heavy atom. The minimum absolute atomic E-state index is 0. The topological polar surface area (TPSA) is 49.3 Å². The molecule has 1 rings (SSSR count). The van der Waals surface area contributed by atoms with Gasteiger partial charge >= 0.3 is 0 Å². The van der Waals surface area contributed by atoms with E-state index in [9.17, 15) is 4.79 Å². The smallest absolute Gasteiger partial charge is 0.274 e. The average molecular weight is 193 g/mol. The van der Waals surface area contributed by atoms with E-state index >= 15 is 0 Å². The quantitative estimate of drug-likeness (QED) is 0.393. The Hall–Kier alpha value is -0.831. The maximum atomic E-state index is 10.7. The van der Waals surface area contributed by atoms with Gasteiger partial charge in [-0.3, -0.25) is 10.0 Å². The fourth-order valence-corrected chi connectivity index (χ4v) is 0.654. The molecule has 1 amide bonds. The van der Waals surface area contributed by atoms with E-state index in [0.29, 0.717) is 5.56 Å². The summed E-state index contributed by atoms with van der Waals surface area (Å²) in [5.74, 6) is -0.486. The molecule has 0 heterocycles. The SMILES string of the molecule is O=C(NO)c1ccccc1.[Fe]. The summed E-state index contributed by atoms with van der Waals surface area (Å²) >= 11 is 0. The van der Waals surface area contributed by atoms with Gasteiger partial charge in [-0.15, -0.1) is 0 Å². The Balaban J connectivity index is 0.000001000. The van der Waals surface area contributed by atoms with Crippen molar-refractivity contribution in [1.82, 2.24) is 5.48 Å². The molecule has 0 saturated carbocycles. The van der Waals surface area contributed by atoms with Crippen molar-refractivity contribution >= 4 is 5.91 Å². The number of hydrogen-bond donors (Lipinski definition) is 2. The largest absolute Gasteiger partial charge is 0.288 e. The van der Waals surface area contributed by atoms with Crippen LogP contribution in [0.4, 0.5) is 0 Å². The number of hydrogen-bond acceptors (Lipinski definition) is 2. The Labute approximate surface area is 74.9 Å². The Morgan fingerprint density at radius 2 is 1.82 bits per heavy atom. The number of nitrogens with one attached hydrogen (secondary N) is 1. The number of benzene rings is 1. The van der Waals surface area contributed by atoms with Gasteiger partial charge in [0.05, 0.1) is 0 Å². The van der Waals surface area contributed by atoms with Gasteiger partial charge in [0.25, 0.3) is 5.91 Å². The van der Waals surface area contributed by atoms with E-state index in [2.05, 4.69) is 0 Å². The van der Waals surface area contributed by atoms with Crippen molar-refractivity contribution < 1.29 is 27.1 Å². The minimum atomic E-state index is -0.486. The number of carbonyl (C=O) groups is 1. The van der Waals surface area contributed by atoms with Crippen LogP contribution in [0.15, 0.2) is 30.3 Å². The number of carbonyl (C=O) groups excluding carboxylic acids is 1. The molecule has 11 heavy (non-hydrogen) atoms. The third-order valence-electron chi connectivity index (χ3n) is 1.14. The first-order valence-electron chi connectivity index (χ1n) is 2.84. The van der Waals surface area contributed by atoms with Gasteiger partial charge in [0.15, 0.2) is 0 Å². The second-order valence-electron chi connectivity index (χ2n) is 1.81. The van der Waals surface area contributed by atoms with Crippen LogP contribution >= 0.6 is 0 Å². The number of rotatable bonds is 1. The van der Waals surface area contributed by atoms with Crippen LogP contribution < -0.4 is 5.48 Å². The van der Waals surface area contributed by atoms with E-state index in [-0.39, 0.29) is 17.1 Å². The summed E-state index contributed by atoms with van der Waals surface area (Å²) < 4.78 is 0. The molecule has 0 aliphatic heterocycles. The molecule has 3 nitrogen and oxygen atoms in total. The molecular formula is C7H7FeNO2. The fraction of sp³-hybridized carbons (Fsp3) is 0. The van der Waals surface area contributed by atoms with Crippen LogP contribution in [-0.4, -0.2) is 11.1 Å². The molecule has 0 radical (unpaired) electrons. The van der Waals surface area contributed by atoms with Crippen molar-refractivity contribution in [3.05, 3.63) is 35.9 Å². The molecular weight excluding hydrogens is 186 g/mol. The molecule has 0 unspecified atom stereocenters. The Kier molecular flexibility index (Phi) is 4.53. The van der Waals surface area contributed by atoms with Crippen molar-refractivity contribution in [2.75, 3.05) is 0 Å². The zero-order valence-corrected chi connectivity index (χ0v) is 6.70. The zero-order chi connectivity index (χ0) is 7.40. The van der Waals surface area contributed by atoms with Crippen LogP contribution in [0, 0.1) is 0 Å². The molecule has 1 aromatic rings. The van der Waals surface area contributed by atoms with Crippen molar-refractivity contribution in [3.8, 4) is 0 Å². The van der Waals surface area contributed by atoms with Crippen LogP contribution in [0.1, 0.15) is 10.4 Å². The summed E-state index contributed by atoms with van der Waals surface area (Å²) in [6.07, 6.45) is 0. The summed E-state index contributed by atoms with van der Waals surface area (Å²) in [6.45, 7) is 0. The maximum Gasteiger partial charge on any atom is 0.274 e. The second-order valence-corrected chi connectivity index (χ2v) is 1.81. The van der Waals surface area contributed by atoms with E-state index in [1.54, 1.807) is 35.8 Å². The van der Waals surface area contributed by atoms with Crippen LogP contribution in [0.25, 0.3) is 0 Å². The molecule has 0 fully saturated rings. The Bertz CT molecular complexity index is 225. The predicted octanol–water partition coefficient (Wildman–Crippen LogP) is 0.803. The van der Waals surface area contributed by atoms with Gasteiger partial charge < -0.3 is 0 Å². The number of amides is 1. The van der Waals surface area contributed by atoms with Gasteiger partial charge in [-0.05, 0) is 12.1 Å². The molecule has 0 saturated heterocycles. The van der Waals surface area contributed by atoms with E-state index < -0.39 is 5.91 Å². The molecule has 0 atom stereocenters. The first-order chi connectivity index (χ1) is 4.84. The third-order valence-corrected chi connectivity index (χ3v) is 1.14. The van der Waals surface area contributed by atoms with Gasteiger partial charge in [-0.25, -0.2) is 5.48 Å². The van der Waals surface area contributed by atoms with Gasteiger partial charge in [0, 0.05) is 22.6 Å². The normalized spacial score (nSPS) is 8.09. The molecule has 0 aromatic heterocycles. The van der Waals surface area contributed by atoms with Crippen LogP contribution in [0.5, 0.6) is 0 Å². The molecule has 0 bridgehead atoms. The first-order valence-corrected chi connectivity index (χ1v) is 2.84. The van der Waals surface area contributed by atoms with Gasteiger partial charge in [-0.1, -0.05) is 18.2 Å². The molecule has 2 N–H and O–H groups in total. The zero-order valence-electron chi connectivity index (χ0n) is 5.60. The van der Waals surface area contributed by atoms with E-state index in [0.717, 1.165) is 0 Å². The van der Waals surface area contributed by atoms with Crippen molar-refractivity contribution in [2.45, 2.75) is 0 Å². The van der Waals surface area contributed by atoms with Crippen molar-refractivity contribution in [3.63, 3.8) is 0 Å². The number of hydroxylamine groups is 1.